The molecule has 0 aliphatic rings. The van der Waals surface area contributed by atoms with Gasteiger partial charge in [-0.1, -0.05) is 24.3 Å². The van der Waals surface area contributed by atoms with Crippen LogP contribution >= 0.6 is 11.6 Å². The molecule has 94 valence electrons. The summed E-state index contributed by atoms with van der Waals surface area (Å²) in [7, 11) is 0. The lowest BCUT2D eigenvalue weighted by atomic mass is 10.1. The number of hydrogen-bond acceptors (Lipinski definition) is 3. The number of anilines is 2. The largest absolute Gasteiger partial charge is 0.397 e. The summed E-state index contributed by atoms with van der Waals surface area (Å²) in [6.07, 6.45) is 1.34. The van der Waals surface area contributed by atoms with E-state index in [1.165, 1.54) is 12.1 Å². The molecule has 3 nitrogen and oxygen atoms in total. The van der Waals surface area contributed by atoms with E-state index in [2.05, 4.69) is 11.9 Å². The van der Waals surface area contributed by atoms with Crippen molar-refractivity contribution in [1.82, 2.24) is 0 Å². The molecule has 0 unspecified atom stereocenters. The van der Waals surface area contributed by atoms with Gasteiger partial charge in [0.15, 0.2) is 5.82 Å². The molecule has 0 aromatic heterocycles. The highest BCUT2D eigenvalue weighted by Gasteiger charge is 2.17. The average molecular weight is 259 g/mol. The van der Waals surface area contributed by atoms with Gasteiger partial charge in [0.25, 0.3) is 0 Å². The monoisotopic (exact) mass is 258 g/mol. The van der Waals surface area contributed by atoms with Crippen molar-refractivity contribution < 1.29 is 9.50 Å². The third kappa shape index (κ3) is 3.35. The molecule has 5 heteroatoms. The lowest BCUT2D eigenvalue weighted by Gasteiger charge is -2.20. The Hall–Kier alpha value is -1.26. The van der Waals surface area contributed by atoms with Gasteiger partial charge in [0.05, 0.1) is 17.0 Å². The first-order valence-corrected chi connectivity index (χ1v) is 5.50. The minimum atomic E-state index is -0.941. The van der Waals surface area contributed by atoms with Gasteiger partial charge < -0.3 is 16.2 Å². The Morgan fingerprint density at radius 3 is 2.71 bits per heavy atom. The van der Waals surface area contributed by atoms with Gasteiger partial charge in [0, 0.05) is 12.1 Å². The highest BCUT2D eigenvalue weighted by molar-refractivity contribution is 6.34. The van der Waals surface area contributed by atoms with Gasteiger partial charge in [-0.05, 0) is 19.9 Å². The number of hydrogen-bond donors (Lipinski definition) is 3. The minimum Gasteiger partial charge on any atom is -0.397 e. The maximum absolute atomic E-state index is 13.7. The zero-order valence-corrected chi connectivity index (χ0v) is 10.6. The van der Waals surface area contributed by atoms with Crippen molar-refractivity contribution in [2.75, 3.05) is 17.6 Å². The van der Waals surface area contributed by atoms with Crippen LogP contribution in [0.3, 0.4) is 0 Å². The second-order valence-corrected chi connectivity index (χ2v) is 4.81. The van der Waals surface area contributed by atoms with E-state index in [4.69, 9.17) is 17.3 Å². The first kappa shape index (κ1) is 13.8. The second kappa shape index (κ2) is 4.94. The van der Waals surface area contributed by atoms with Crippen LogP contribution in [0, 0.1) is 5.82 Å². The molecule has 0 bridgehead atoms. The predicted octanol–water partition coefficient (Wildman–Crippen LogP) is 2.89. The Balaban J connectivity index is 3.09. The summed E-state index contributed by atoms with van der Waals surface area (Å²) in [5.74, 6) is -0.575. The van der Waals surface area contributed by atoms with E-state index >= 15 is 0 Å². The zero-order valence-electron chi connectivity index (χ0n) is 9.85. The van der Waals surface area contributed by atoms with Gasteiger partial charge in [-0.25, -0.2) is 4.39 Å². The van der Waals surface area contributed by atoms with Crippen molar-refractivity contribution >= 4 is 29.1 Å². The molecular formula is C12H16ClFN2O. The van der Waals surface area contributed by atoms with Gasteiger partial charge in [-0.15, -0.1) is 0 Å². The zero-order chi connectivity index (χ0) is 13.2. The first-order chi connectivity index (χ1) is 7.76. The minimum absolute atomic E-state index is 0.0934. The Bertz CT molecular complexity index is 441. The van der Waals surface area contributed by atoms with Crippen LogP contribution in [-0.2, 0) is 0 Å². The smallest absolute Gasteiger partial charge is 0.151 e. The van der Waals surface area contributed by atoms with E-state index in [9.17, 15) is 9.50 Å². The second-order valence-electron chi connectivity index (χ2n) is 4.43. The van der Waals surface area contributed by atoms with Gasteiger partial charge in [-0.2, -0.15) is 0 Å². The van der Waals surface area contributed by atoms with Crippen LogP contribution in [0.4, 0.5) is 15.8 Å². The maximum Gasteiger partial charge on any atom is 0.151 e. The molecule has 1 aromatic carbocycles. The Labute approximate surface area is 105 Å². The molecule has 0 aliphatic heterocycles. The van der Waals surface area contributed by atoms with Crippen LogP contribution in [0.2, 0.25) is 5.02 Å². The molecule has 0 amide bonds. The van der Waals surface area contributed by atoms with E-state index in [1.807, 2.05) is 0 Å². The number of benzene rings is 1. The third-order valence-corrected chi connectivity index (χ3v) is 2.54. The molecule has 0 aliphatic carbocycles. The highest BCUT2D eigenvalue weighted by atomic mass is 35.5. The average Bonchev–Trinajstić information content (AvgIpc) is 2.21. The van der Waals surface area contributed by atoms with E-state index in [0.717, 1.165) is 0 Å². The van der Waals surface area contributed by atoms with Crippen LogP contribution in [0.25, 0.3) is 6.08 Å². The molecule has 0 spiro atoms. The molecule has 0 heterocycles. The summed E-state index contributed by atoms with van der Waals surface area (Å²) in [6, 6.07) is 1.45. The molecule has 1 rings (SSSR count). The fraction of sp³-hybridized carbons (Fsp3) is 0.333. The van der Waals surface area contributed by atoms with Crippen LogP contribution in [0.15, 0.2) is 12.6 Å². The van der Waals surface area contributed by atoms with Crippen LogP contribution in [0.1, 0.15) is 19.4 Å². The Kier molecular flexibility index (Phi) is 4.01. The number of rotatable bonds is 4. The molecule has 0 radical (unpaired) electrons. The molecule has 4 N–H and O–H groups in total. The Morgan fingerprint density at radius 2 is 2.24 bits per heavy atom. The van der Waals surface area contributed by atoms with Crippen molar-refractivity contribution in [2.45, 2.75) is 19.4 Å². The highest BCUT2D eigenvalue weighted by Crippen LogP contribution is 2.34. The maximum atomic E-state index is 13.7. The van der Waals surface area contributed by atoms with Crippen LogP contribution in [-0.4, -0.2) is 17.3 Å². The third-order valence-electron chi connectivity index (χ3n) is 2.18. The summed E-state index contributed by atoms with van der Waals surface area (Å²) in [4.78, 5) is 0. The normalized spacial score (nSPS) is 11.4. The number of nitrogen functional groups attached to an aromatic ring is 1. The molecule has 0 atom stereocenters. The van der Waals surface area contributed by atoms with Gasteiger partial charge in [0.1, 0.15) is 5.02 Å². The first-order valence-electron chi connectivity index (χ1n) is 5.12. The number of nitrogens with two attached hydrogens (primary N) is 1. The molecule has 0 fully saturated rings. The topological polar surface area (TPSA) is 58.3 Å². The summed E-state index contributed by atoms with van der Waals surface area (Å²) < 4.78 is 13.7. The van der Waals surface area contributed by atoms with E-state index in [1.54, 1.807) is 13.8 Å². The van der Waals surface area contributed by atoms with Crippen molar-refractivity contribution in [3.8, 4) is 0 Å². The van der Waals surface area contributed by atoms with Gasteiger partial charge in [0.2, 0.25) is 0 Å². The standard InChI is InChI=1S/C12H16ClFN2O/c1-4-7-5-8(15)11(9(13)10(7)14)16-6-12(2,3)17/h4-5,16-17H,1,6,15H2,2-3H3. The van der Waals surface area contributed by atoms with Crippen molar-refractivity contribution in [2.24, 2.45) is 0 Å². The summed E-state index contributed by atoms with van der Waals surface area (Å²) in [5.41, 5.74) is 5.67. The molecular weight excluding hydrogens is 243 g/mol. The van der Waals surface area contributed by atoms with Crippen molar-refractivity contribution in [1.29, 1.82) is 0 Å². The Morgan fingerprint density at radius 1 is 1.65 bits per heavy atom. The SMILES string of the molecule is C=Cc1cc(N)c(NCC(C)(C)O)c(Cl)c1F. The lowest BCUT2D eigenvalue weighted by molar-refractivity contribution is 0.0945. The van der Waals surface area contributed by atoms with Crippen molar-refractivity contribution in [3.05, 3.63) is 29.0 Å². The number of nitrogens with one attached hydrogen (secondary N) is 1. The fourth-order valence-electron chi connectivity index (χ4n) is 1.30. The molecule has 0 saturated heterocycles. The van der Waals surface area contributed by atoms with E-state index < -0.39 is 11.4 Å². The summed E-state index contributed by atoms with van der Waals surface area (Å²) in [5, 5.41) is 12.3. The molecule has 17 heavy (non-hydrogen) atoms. The van der Waals surface area contributed by atoms with E-state index in [-0.39, 0.29) is 22.8 Å². The van der Waals surface area contributed by atoms with Gasteiger partial charge >= 0.3 is 0 Å². The molecule has 0 saturated carbocycles. The van der Waals surface area contributed by atoms with Crippen molar-refractivity contribution in [3.63, 3.8) is 0 Å². The lowest BCUT2D eigenvalue weighted by Crippen LogP contribution is -2.29. The summed E-state index contributed by atoms with van der Waals surface area (Å²) in [6.45, 7) is 6.93. The van der Waals surface area contributed by atoms with E-state index in [0.29, 0.717) is 5.69 Å². The van der Waals surface area contributed by atoms with Crippen LogP contribution < -0.4 is 11.1 Å². The predicted molar refractivity (Wildman–Crippen MR) is 70.7 cm³/mol. The number of aliphatic hydroxyl groups is 1. The van der Waals surface area contributed by atoms with Crippen LogP contribution in [0.5, 0.6) is 0 Å². The quantitative estimate of drug-likeness (QED) is 0.728. The molecule has 1 aromatic rings. The summed E-state index contributed by atoms with van der Waals surface area (Å²) >= 11 is 5.86. The number of halogens is 2. The fourth-order valence-corrected chi connectivity index (χ4v) is 1.58. The van der Waals surface area contributed by atoms with Gasteiger partial charge in [-0.3, -0.25) is 0 Å².